The zero-order valence-corrected chi connectivity index (χ0v) is 8.55. The van der Waals surface area contributed by atoms with Crippen molar-refractivity contribution < 1.29 is 5.11 Å². The second kappa shape index (κ2) is 2.91. The van der Waals surface area contributed by atoms with E-state index in [1.807, 2.05) is 24.3 Å². The number of para-hydroxylation sites is 1. The molecular formula is C12H8ClNO. The van der Waals surface area contributed by atoms with Gasteiger partial charge in [0.25, 0.3) is 0 Å². The van der Waals surface area contributed by atoms with Crippen LogP contribution in [-0.2, 0) is 0 Å². The molecule has 2 nitrogen and oxygen atoms in total. The van der Waals surface area contributed by atoms with Crippen LogP contribution in [0.25, 0.3) is 21.8 Å². The lowest BCUT2D eigenvalue weighted by molar-refractivity contribution is 0.476. The molecule has 2 aromatic carbocycles. The van der Waals surface area contributed by atoms with Gasteiger partial charge >= 0.3 is 0 Å². The van der Waals surface area contributed by atoms with E-state index < -0.39 is 0 Å². The van der Waals surface area contributed by atoms with Gasteiger partial charge < -0.3 is 10.1 Å². The zero-order valence-electron chi connectivity index (χ0n) is 7.79. The van der Waals surface area contributed by atoms with Crippen LogP contribution < -0.4 is 0 Å². The summed E-state index contributed by atoms with van der Waals surface area (Å²) in [5.74, 6) is 0.180. The Kier molecular flexibility index (Phi) is 1.67. The molecule has 0 aliphatic heterocycles. The summed E-state index contributed by atoms with van der Waals surface area (Å²) in [4.78, 5) is 3.22. The minimum absolute atomic E-state index is 0.180. The van der Waals surface area contributed by atoms with E-state index >= 15 is 0 Å². The number of nitrogens with one attached hydrogen (secondary N) is 1. The Morgan fingerprint density at radius 3 is 2.73 bits per heavy atom. The Bertz CT molecular complexity index is 657. The van der Waals surface area contributed by atoms with Crippen LogP contribution in [0.1, 0.15) is 0 Å². The number of hydrogen-bond donors (Lipinski definition) is 2. The molecule has 1 heterocycles. The molecule has 0 amide bonds. The van der Waals surface area contributed by atoms with Crippen LogP contribution in [0.3, 0.4) is 0 Å². The van der Waals surface area contributed by atoms with E-state index in [1.165, 1.54) is 0 Å². The molecule has 3 aromatic rings. The highest BCUT2D eigenvalue weighted by atomic mass is 35.5. The van der Waals surface area contributed by atoms with Gasteiger partial charge in [-0.1, -0.05) is 29.8 Å². The third kappa shape index (κ3) is 1.18. The molecule has 0 aliphatic rings. The van der Waals surface area contributed by atoms with Crippen LogP contribution in [0.2, 0.25) is 5.02 Å². The van der Waals surface area contributed by atoms with Gasteiger partial charge in [0, 0.05) is 22.4 Å². The summed E-state index contributed by atoms with van der Waals surface area (Å²) in [5.41, 5.74) is 1.89. The fourth-order valence-corrected chi connectivity index (χ4v) is 2.24. The molecule has 0 radical (unpaired) electrons. The van der Waals surface area contributed by atoms with Crippen molar-refractivity contribution in [1.29, 1.82) is 0 Å². The van der Waals surface area contributed by atoms with Crippen LogP contribution in [0, 0.1) is 0 Å². The Morgan fingerprint density at radius 2 is 1.87 bits per heavy atom. The SMILES string of the molecule is Oc1cc(Cl)c2c(c1)[nH]c1ccccc12. The molecule has 0 unspecified atom stereocenters. The Balaban J connectivity index is 2.61. The normalized spacial score (nSPS) is 11.3. The Labute approximate surface area is 91.1 Å². The van der Waals surface area contributed by atoms with Crippen molar-refractivity contribution in [3.8, 4) is 5.75 Å². The molecule has 3 rings (SSSR count). The number of phenolic OH excluding ortho intramolecular Hbond substituents is 1. The van der Waals surface area contributed by atoms with E-state index in [-0.39, 0.29) is 5.75 Å². The van der Waals surface area contributed by atoms with Crippen molar-refractivity contribution in [3.63, 3.8) is 0 Å². The minimum atomic E-state index is 0.180. The predicted molar refractivity (Wildman–Crippen MR) is 62.5 cm³/mol. The maximum atomic E-state index is 9.43. The summed E-state index contributed by atoms with van der Waals surface area (Å²) in [6.45, 7) is 0. The first kappa shape index (κ1) is 8.62. The van der Waals surface area contributed by atoms with Crippen molar-refractivity contribution in [2.24, 2.45) is 0 Å². The Hall–Kier alpha value is -1.67. The maximum absolute atomic E-state index is 9.43. The standard InChI is InChI=1S/C12H8ClNO/c13-9-5-7(15)6-11-12(9)8-3-1-2-4-10(8)14-11/h1-6,14-15H. The van der Waals surface area contributed by atoms with Crippen molar-refractivity contribution in [2.45, 2.75) is 0 Å². The molecule has 2 N–H and O–H groups in total. The quantitative estimate of drug-likeness (QED) is 0.592. The molecule has 0 aliphatic carbocycles. The van der Waals surface area contributed by atoms with Crippen LogP contribution in [0.4, 0.5) is 0 Å². The number of hydrogen-bond acceptors (Lipinski definition) is 1. The fraction of sp³-hybridized carbons (Fsp3) is 0. The lowest BCUT2D eigenvalue weighted by Gasteiger charge is -1.96. The number of aromatic amines is 1. The number of fused-ring (bicyclic) bond motifs is 3. The molecule has 1 aromatic heterocycles. The van der Waals surface area contributed by atoms with E-state index in [4.69, 9.17) is 11.6 Å². The van der Waals surface area contributed by atoms with Gasteiger partial charge in [-0.2, -0.15) is 0 Å². The summed E-state index contributed by atoms with van der Waals surface area (Å²) < 4.78 is 0. The average Bonchev–Trinajstić information content (AvgIpc) is 2.54. The molecule has 3 heteroatoms. The summed E-state index contributed by atoms with van der Waals surface area (Å²) in [7, 11) is 0. The smallest absolute Gasteiger partial charge is 0.119 e. The molecule has 15 heavy (non-hydrogen) atoms. The molecule has 74 valence electrons. The lowest BCUT2D eigenvalue weighted by atomic mass is 10.1. The first-order chi connectivity index (χ1) is 7.25. The molecule has 0 saturated carbocycles. The summed E-state index contributed by atoms with van der Waals surface area (Å²) in [6, 6.07) is 11.2. The number of H-pyrrole nitrogens is 1. The molecule has 0 atom stereocenters. The van der Waals surface area contributed by atoms with Gasteiger partial charge in [0.15, 0.2) is 0 Å². The highest BCUT2D eigenvalue weighted by Gasteiger charge is 2.08. The summed E-state index contributed by atoms with van der Waals surface area (Å²) in [5, 5.41) is 12.0. The molecule has 0 fully saturated rings. The maximum Gasteiger partial charge on any atom is 0.119 e. The largest absolute Gasteiger partial charge is 0.508 e. The summed E-state index contributed by atoms with van der Waals surface area (Å²) in [6.07, 6.45) is 0. The van der Waals surface area contributed by atoms with Gasteiger partial charge in [-0.05, 0) is 12.1 Å². The predicted octanol–water partition coefficient (Wildman–Crippen LogP) is 3.68. The van der Waals surface area contributed by atoms with Gasteiger partial charge in [0.1, 0.15) is 5.75 Å². The van der Waals surface area contributed by atoms with E-state index in [2.05, 4.69) is 4.98 Å². The number of phenols is 1. The average molecular weight is 218 g/mol. The number of rotatable bonds is 0. The lowest BCUT2D eigenvalue weighted by Crippen LogP contribution is -1.70. The summed E-state index contributed by atoms with van der Waals surface area (Å²) >= 11 is 6.10. The van der Waals surface area contributed by atoms with Gasteiger partial charge in [0.05, 0.1) is 10.5 Å². The second-order valence-corrected chi connectivity index (χ2v) is 3.93. The highest BCUT2D eigenvalue weighted by molar-refractivity contribution is 6.38. The molecule has 0 saturated heterocycles. The topological polar surface area (TPSA) is 36.0 Å². The van der Waals surface area contributed by atoms with E-state index in [0.29, 0.717) is 5.02 Å². The van der Waals surface area contributed by atoms with Crippen molar-refractivity contribution in [2.75, 3.05) is 0 Å². The van der Waals surface area contributed by atoms with E-state index in [0.717, 1.165) is 21.8 Å². The monoisotopic (exact) mass is 217 g/mol. The van der Waals surface area contributed by atoms with Crippen LogP contribution >= 0.6 is 11.6 Å². The number of aromatic hydroxyl groups is 1. The fourth-order valence-electron chi connectivity index (χ4n) is 1.92. The van der Waals surface area contributed by atoms with Gasteiger partial charge in [-0.15, -0.1) is 0 Å². The van der Waals surface area contributed by atoms with Gasteiger partial charge in [-0.25, -0.2) is 0 Å². The number of aromatic nitrogens is 1. The first-order valence-electron chi connectivity index (χ1n) is 4.64. The van der Waals surface area contributed by atoms with Crippen molar-refractivity contribution in [3.05, 3.63) is 41.4 Å². The van der Waals surface area contributed by atoms with Crippen LogP contribution in [0.15, 0.2) is 36.4 Å². The molecule has 0 bridgehead atoms. The van der Waals surface area contributed by atoms with Crippen LogP contribution in [0.5, 0.6) is 5.75 Å². The zero-order chi connectivity index (χ0) is 10.4. The van der Waals surface area contributed by atoms with Crippen molar-refractivity contribution in [1.82, 2.24) is 4.98 Å². The third-order valence-corrected chi connectivity index (χ3v) is 2.84. The van der Waals surface area contributed by atoms with Crippen LogP contribution in [-0.4, -0.2) is 10.1 Å². The van der Waals surface area contributed by atoms with Gasteiger partial charge in [0.2, 0.25) is 0 Å². The molecule has 0 spiro atoms. The number of benzene rings is 2. The van der Waals surface area contributed by atoms with Gasteiger partial charge in [-0.3, -0.25) is 0 Å². The van der Waals surface area contributed by atoms with E-state index in [1.54, 1.807) is 12.1 Å². The second-order valence-electron chi connectivity index (χ2n) is 3.52. The van der Waals surface area contributed by atoms with Crippen molar-refractivity contribution >= 4 is 33.4 Å². The highest BCUT2D eigenvalue weighted by Crippen LogP contribution is 2.34. The number of halogens is 1. The Morgan fingerprint density at radius 1 is 1.07 bits per heavy atom. The third-order valence-electron chi connectivity index (χ3n) is 2.54. The van der Waals surface area contributed by atoms with E-state index in [9.17, 15) is 5.11 Å². The molecular weight excluding hydrogens is 210 g/mol. The first-order valence-corrected chi connectivity index (χ1v) is 5.02. The minimum Gasteiger partial charge on any atom is -0.508 e.